The van der Waals surface area contributed by atoms with Crippen LogP contribution in [0.15, 0.2) is 28.7 Å². The fraction of sp³-hybridized carbons (Fsp3) is 0.500. The fourth-order valence-electron chi connectivity index (χ4n) is 1.79. The molecule has 0 heterocycles. The molecule has 0 aromatic heterocycles. The highest BCUT2D eigenvalue weighted by atomic mass is 79.9. The van der Waals surface area contributed by atoms with Crippen molar-refractivity contribution in [2.75, 3.05) is 13.1 Å². The van der Waals surface area contributed by atoms with E-state index in [1.165, 1.54) is 5.56 Å². The van der Waals surface area contributed by atoms with Gasteiger partial charge in [0.2, 0.25) is 0 Å². The standard InChI is InChI=1S/C14H20BrNO2/c1-10(2)13(14(17)18)9-16-7-6-11-4-3-5-12(15)8-11/h3-5,8,10,13,16H,6-7,9H2,1-2H3,(H,17,18). The Bertz CT molecular complexity index is 393. The van der Waals surface area contributed by atoms with Crippen LogP contribution in [0.5, 0.6) is 0 Å². The van der Waals surface area contributed by atoms with Crippen molar-refractivity contribution in [3.05, 3.63) is 34.3 Å². The minimum absolute atomic E-state index is 0.154. The molecule has 0 amide bonds. The Balaban J connectivity index is 2.32. The number of benzene rings is 1. The van der Waals surface area contributed by atoms with E-state index in [9.17, 15) is 4.79 Å². The van der Waals surface area contributed by atoms with Crippen molar-refractivity contribution in [3.8, 4) is 0 Å². The van der Waals surface area contributed by atoms with Gasteiger partial charge in [-0.25, -0.2) is 0 Å². The molecule has 1 aromatic rings. The van der Waals surface area contributed by atoms with Crippen molar-refractivity contribution in [2.24, 2.45) is 11.8 Å². The molecule has 0 aliphatic rings. The van der Waals surface area contributed by atoms with Gasteiger partial charge in [-0.2, -0.15) is 0 Å². The van der Waals surface area contributed by atoms with Crippen LogP contribution in [0, 0.1) is 11.8 Å². The molecule has 1 aromatic carbocycles. The number of hydrogen-bond donors (Lipinski definition) is 2. The van der Waals surface area contributed by atoms with Crippen LogP contribution in [0.2, 0.25) is 0 Å². The topological polar surface area (TPSA) is 49.3 Å². The first kappa shape index (κ1) is 15.2. The number of rotatable bonds is 7. The van der Waals surface area contributed by atoms with Crippen molar-refractivity contribution in [1.82, 2.24) is 5.32 Å². The molecule has 0 bridgehead atoms. The summed E-state index contributed by atoms with van der Waals surface area (Å²) < 4.78 is 1.07. The molecule has 1 unspecified atom stereocenters. The van der Waals surface area contributed by atoms with Gasteiger partial charge in [0.1, 0.15) is 0 Å². The van der Waals surface area contributed by atoms with Gasteiger partial charge < -0.3 is 10.4 Å². The van der Waals surface area contributed by atoms with Crippen LogP contribution in [0.3, 0.4) is 0 Å². The van der Waals surface area contributed by atoms with Crippen molar-refractivity contribution in [1.29, 1.82) is 0 Å². The molecule has 0 aliphatic heterocycles. The van der Waals surface area contributed by atoms with Gasteiger partial charge in [-0.15, -0.1) is 0 Å². The number of carbonyl (C=O) groups is 1. The van der Waals surface area contributed by atoms with E-state index in [-0.39, 0.29) is 11.8 Å². The minimum Gasteiger partial charge on any atom is -0.481 e. The van der Waals surface area contributed by atoms with E-state index >= 15 is 0 Å². The number of nitrogens with one attached hydrogen (secondary N) is 1. The molecule has 1 rings (SSSR count). The normalized spacial score (nSPS) is 12.7. The Morgan fingerprint density at radius 1 is 1.44 bits per heavy atom. The molecule has 0 fully saturated rings. The first-order valence-corrected chi connectivity index (χ1v) is 6.98. The van der Waals surface area contributed by atoms with Gasteiger partial charge in [-0.1, -0.05) is 41.9 Å². The maximum Gasteiger partial charge on any atom is 0.308 e. The van der Waals surface area contributed by atoms with Gasteiger partial charge in [-0.05, 0) is 36.6 Å². The number of aliphatic carboxylic acids is 1. The minimum atomic E-state index is -0.722. The van der Waals surface area contributed by atoms with Gasteiger partial charge in [0.25, 0.3) is 0 Å². The molecule has 0 saturated carbocycles. The molecule has 100 valence electrons. The average Bonchev–Trinajstić information content (AvgIpc) is 2.27. The highest BCUT2D eigenvalue weighted by Gasteiger charge is 2.20. The molecule has 0 spiro atoms. The lowest BCUT2D eigenvalue weighted by molar-refractivity contribution is -0.143. The maximum atomic E-state index is 11.0. The number of carboxylic acids is 1. The van der Waals surface area contributed by atoms with E-state index in [0.717, 1.165) is 17.4 Å². The quantitative estimate of drug-likeness (QED) is 0.761. The zero-order chi connectivity index (χ0) is 13.5. The second kappa shape index (κ2) is 7.54. The molecule has 1 atom stereocenters. The lowest BCUT2D eigenvalue weighted by Gasteiger charge is -2.16. The lowest BCUT2D eigenvalue weighted by atomic mass is 9.96. The summed E-state index contributed by atoms with van der Waals surface area (Å²) >= 11 is 3.43. The zero-order valence-corrected chi connectivity index (χ0v) is 12.4. The third-order valence-corrected chi connectivity index (χ3v) is 3.46. The van der Waals surface area contributed by atoms with Gasteiger partial charge in [0.15, 0.2) is 0 Å². The molecule has 0 aliphatic carbocycles. The Hall–Kier alpha value is -0.870. The Labute approximate surface area is 117 Å². The molecular weight excluding hydrogens is 294 g/mol. The van der Waals surface area contributed by atoms with Crippen LogP contribution < -0.4 is 5.32 Å². The van der Waals surface area contributed by atoms with E-state index in [4.69, 9.17) is 5.11 Å². The number of hydrogen-bond acceptors (Lipinski definition) is 2. The van der Waals surface area contributed by atoms with Crippen LogP contribution in [0.25, 0.3) is 0 Å². The second-order valence-corrected chi connectivity index (χ2v) is 5.69. The molecule has 18 heavy (non-hydrogen) atoms. The smallest absolute Gasteiger partial charge is 0.308 e. The summed E-state index contributed by atoms with van der Waals surface area (Å²) in [5.41, 5.74) is 1.24. The summed E-state index contributed by atoms with van der Waals surface area (Å²) in [6.45, 7) is 5.21. The predicted octanol–water partition coefficient (Wildman–Crippen LogP) is 2.94. The van der Waals surface area contributed by atoms with Crippen LogP contribution >= 0.6 is 15.9 Å². The lowest BCUT2D eigenvalue weighted by Crippen LogP contribution is -2.33. The van der Waals surface area contributed by atoms with E-state index < -0.39 is 5.97 Å². The molecule has 0 radical (unpaired) electrons. The third-order valence-electron chi connectivity index (χ3n) is 2.97. The molecule has 0 saturated heterocycles. The van der Waals surface area contributed by atoms with Crippen LogP contribution in [-0.2, 0) is 11.2 Å². The van der Waals surface area contributed by atoms with Gasteiger partial charge in [-0.3, -0.25) is 4.79 Å². The maximum absolute atomic E-state index is 11.0. The Morgan fingerprint density at radius 2 is 2.17 bits per heavy atom. The summed E-state index contributed by atoms with van der Waals surface area (Å²) in [6.07, 6.45) is 0.907. The summed E-state index contributed by atoms with van der Waals surface area (Å²) in [5, 5.41) is 12.3. The van der Waals surface area contributed by atoms with Crippen LogP contribution in [0.4, 0.5) is 0 Å². The zero-order valence-electron chi connectivity index (χ0n) is 10.8. The number of carboxylic acid groups (broad SMARTS) is 1. The molecular formula is C14H20BrNO2. The average molecular weight is 314 g/mol. The van der Waals surface area contributed by atoms with Gasteiger partial charge in [0, 0.05) is 11.0 Å². The van der Waals surface area contributed by atoms with Crippen LogP contribution in [-0.4, -0.2) is 24.2 Å². The summed E-state index contributed by atoms with van der Waals surface area (Å²) in [5.74, 6) is -0.881. The van der Waals surface area contributed by atoms with E-state index in [0.29, 0.717) is 6.54 Å². The summed E-state index contributed by atoms with van der Waals surface area (Å²) in [6, 6.07) is 8.16. The highest BCUT2D eigenvalue weighted by Crippen LogP contribution is 2.12. The molecule has 2 N–H and O–H groups in total. The molecule has 4 heteroatoms. The van der Waals surface area contributed by atoms with E-state index in [1.54, 1.807) is 0 Å². The van der Waals surface area contributed by atoms with E-state index in [2.05, 4.69) is 33.4 Å². The first-order valence-electron chi connectivity index (χ1n) is 6.18. The monoisotopic (exact) mass is 313 g/mol. The van der Waals surface area contributed by atoms with Gasteiger partial charge >= 0.3 is 5.97 Å². The second-order valence-electron chi connectivity index (χ2n) is 4.77. The highest BCUT2D eigenvalue weighted by molar-refractivity contribution is 9.10. The number of halogens is 1. The first-order chi connectivity index (χ1) is 8.50. The largest absolute Gasteiger partial charge is 0.481 e. The third kappa shape index (κ3) is 5.19. The van der Waals surface area contributed by atoms with Crippen molar-refractivity contribution in [2.45, 2.75) is 20.3 Å². The summed E-state index contributed by atoms with van der Waals surface area (Å²) in [4.78, 5) is 11.0. The molecule has 3 nitrogen and oxygen atoms in total. The van der Waals surface area contributed by atoms with Crippen molar-refractivity contribution < 1.29 is 9.90 Å². The van der Waals surface area contributed by atoms with Crippen molar-refractivity contribution in [3.63, 3.8) is 0 Å². The Morgan fingerprint density at radius 3 is 2.72 bits per heavy atom. The SMILES string of the molecule is CC(C)C(CNCCc1cccc(Br)c1)C(=O)O. The summed E-state index contributed by atoms with van der Waals surface area (Å²) in [7, 11) is 0. The van der Waals surface area contributed by atoms with Gasteiger partial charge in [0.05, 0.1) is 5.92 Å². The Kier molecular flexibility index (Phi) is 6.36. The fourth-order valence-corrected chi connectivity index (χ4v) is 2.24. The van der Waals surface area contributed by atoms with Crippen LogP contribution in [0.1, 0.15) is 19.4 Å². The van der Waals surface area contributed by atoms with Crippen molar-refractivity contribution >= 4 is 21.9 Å². The van der Waals surface area contributed by atoms with E-state index in [1.807, 2.05) is 26.0 Å². The predicted molar refractivity (Wildman–Crippen MR) is 76.7 cm³/mol.